The van der Waals surface area contributed by atoms with Gasteiger partial charge in [0.15, 0.2) is 0 Å². The highest BCUT2D eigenvalue weighted by Crippen LogP contribution is 2.36. The summed E-state index contributed by atoms with van der Waals surface area (Å²) in [7, 11) is 1.71. The SMILES string of the molecule is COCC1Cc2cc(O)ccc2N1I. The number of halogens is 1. The molecule has 0 aliphatic carbocycles. The summed E-state index contributed by atoms with van der Waals surface area (Å²) in [5.41, 5.74) is 2.38. The van der Waals surface area contributed by atoms with E-state index in [4.69, 9.17) is 4.74 Å². The Morgan fingerprint density at radius 3 is 3.14 bits per heavy atom. The van der Waals surface area contributed by atoms with Crippen LogP contribution in [-0.2, 0) is 11.2 Å². The van der Waals surface area contributed by atoms with Crippen molar-refractivity contribution >= 4 is 28.6 Å². The molecule has 0 amide bonds. The third-order valence-electron chi connectivity index (χ3n) is 2.43. The van der Waals surface area contributed by atoms with Gasteiger partial charge in [-0.05, 0) is 30.2 Å². The smallest absolute Gasteiger partial charge is 0.116 e. The van der Waals surface area contributed by atoms with Gasteiger partial charge in [0, 0.05) is 12.8 Å². The minimum absolute atomic E-state index is 0.339. The number of anilines is 1. The Bertz CT molecular complexity index is 343. The Morgan fingerprint density at radius 1 is 1.64 bits per heavy atom. The lowest BCUT2D eigenvalue weighted by Crippen LogP contribution is -2.27. The number of ether oxygens (including phenoxy) is 1. The fourth-order valence-electron chi connectivity index (χ4n) is 1.79. The first-order chi connectivity index (χ1) is 6.72. The summed E-state index contributed by atoms with van der Waals surface area (Å²) in [5, 5.41) is 9.35. The van der Waals surface area contributed by atoms with E-state index < -0.39 is 0 Å². The Labute approximate surface area is 97.2 Å². The maximum atomic E-state index is 9.35. The number of benzene rings is 1. The largest absolute Gasteiger partial charge is 0.508 e. The van der Waals surface area contributed by atoms with E-state index in [1.54, 1.807) is 13.2 Å². The van der Waals surface area contributed by atoms with Gasteiger partial charge in [-0.3, -0.25) is 0 Å². The summed E-state index contributed by atoms with van der Waals surface area (Å²) in [4.78, 5) is 0. The molecular formula is C10H12INO2. The van der Waals surface area contributed by atoms with Crippen molar-refractivity contribution in [3.63, 3.8) is 0 Å². The van der Waals surface area contributed by atoms with Crippen molar-refractivity contribution in [2.45, 2.75) is 12.5 Å². The van der Waals surface area contributed by atoms with Crippen LogP contribution < -0.4 is 3.11 Å². The fraction of sp³-hybridized carbons (Fsp3) is 0.400. The summed E-state index contributed by atoms with van der Waals surface area (Å²) >= 11 is 2.29. The van der Waals surface area contributed by atoms with Crippen molar-refractivity contribution in [3.8, 4) is 5.75 Å². The lowest BCUT2D eigenvalue weighted by Gasteiger charge is -2.18. The zero-order valence-electron chi connectivity index (χ0n) is 7.90. The van der Waals surface area contributed by atoms with Gasteiger partial charge in [-0.2, -0.15) is 0 Å². The van der Waals surface area contributed by atoms with Crippen LogP contribution in [-0.4, -0.2) is 24.9 Å². The molecule has 0 saturated carbocycles. The van der Waals surface area contributed by atoms with Crippen LogP contribution >= 0.6 is 22.9 Å². The number of aromatic hydroxyl groups is 1. The molecule has 4 heteroatoms. The minimum Gasteiger partial charge on any atom is -0.508 e. The van der Waals surface area contributed by atoms with Crippen LogP contribution in [0.2, 0.25) is 0 Å². The zero-order chi connectivity index (χ0) is 10.1. The monoisotopic (exact) mass is 305 g/mol. The standard InChI is InChI=1S/C10H12INO2/c1-14-6-8-4-7-5-9(13)2-3-10(7)12(8)11/h2-3,5,8,13H,4,6H2,1H3. The molecule has 1 aromatic carbocycles. The topological polar surface area (TPSA) is 32.7 Å². The lowest BCUT2D eigenvalue weighted by atomic mass is 10.1. The van der Waals surface area contributed by atoms with E-state index in [0.717, 1.165) is 13.0 Å². The summed E-state index contributed by atoms with van der Waals surface area (Å²) in [6, 6.07) is 5.89. The van der Waals surface area contributed by atoms with Crippen LogP contribution in [0.15, 0.2) is 18.2 Å². The summed E-state index contributed by atoms with van der Waals surface area (Å²) < 4.78 is 7.33. The van der Waals surface area contributed by atoms with E-state index in [-0.39, 0.29) is 0 Å². The lowest BCUT2D eigenvalue weighted by molar-refractivity contribution is 0.185. The van der Waals surface area contributed by atoms with E-state index >= 15 is 0 Å². The third kappa shape index (κ3) is 1.68. The van der Waals surface area contributed by atoms with Crippen LogP contribution in [0.25, 0.3) is 0 Å². The van der Waals surface area contributed by atoms with Gasteiger partial charge in [0.25, 0.3) is 0 Å². The van der Waals surface area contributed by atoms with E-state index in [1.165, 1.54) is 11.3 Å². The molecule has 1 atom stereocenters. The molecule has 0 fully saturated rings. The Hall–Kier alpha value is -0.490. The number of phenols is 1. The maximum Gasteiger partial charge on any atom is 0.116 e. The second-order valence-corrected chi connectivity index (χ2v) is 4.48. The van der Waals surface area contributed by atoms with Gasteiger partial charge in [-0.25, -0.2) is 0 Å². The number of nitrogens with zero attached hydrogens (tertiary/aromatic N) is 1. The van der Waals surface area contributed by atoms with Crippen LogP contribution in [0, 0.1) is 0 Å². The molecule has 0 saturated heterocycles. The predicted molar refractivity (Wildman–Crippen MR) is 64.0 cm³/mol. The van der Waals surface area contributed by atoms with E-state index in [2.05, 4.69) is 26.0 Å². The Kier molecular flexibility index (Phi) is 2.83. The van der Waals surface area contributed by atoms with Crippen molar-refractivity contribution in [1.82, 2.24) is 0 Å². The zero-order valence-corrected chi connectivity index (χ0v) is 10.1. The fourth-order valence-corrected chi connectivity index (χ4v) is 2.62. The van der Waals surface area contributed by atoms with Gasteiger partial charge < -0.3 is 13.0 Å². The highest BCUT2D eigenvalue weighted by Gasteiger charge is 2.27. The van der Waals surface area contributed by atoms with Crippen molar-refractivity contribution < 1.29 is 9.84 Å². The first-order valence-corrected chi connectivity index (χ1v) is 5.44. The second kappa shape index (κ2) is 3.94. The molecule has 1 heterocycles. The third-order valence-corrected chi connectivity index (χ3v) is 3.74. The molecule has 1 aliphatic rings. The molecule has 1 aromatic rings. The molecule has 1 unspecified atom stereocenters. The number of hydrogen-bond acceptors (Lipinski definition) is 3. The van der Waals surface area contributed by atoms with Crippen LogP contribution in [0.1, 0.15) is 5.56 Å². The van der Waals surface area contributed by atoms with Crippen LogP contribution in [0.4, 0.5) is 5.69 Å². The maximum absolute atomic E-state index is 9.35. The van der Waals surface area contributed by atoms with Crippen molar-refractivity contribution in [3.05, 3.63) is 23.8 Å². The van der Waals surface area contributed by atoms with Gasteiger partial charge in [0.1, 0.15) is 5.75 Å². The number of fused-ring (bicyclic) bond motifs is 1. The molecule has 1 N–H and O–H groups in total. The highest BCUT2D eigenvalue weighted by molar-refractivity contribution is 14.1. The van der Waals surface area contributed by atoms with E-state index in [9.17, 15) is 5.11 Å². The summed E-state index contributed by atoms with van der Waals surface area (Å²) in [6.07, 6.45) is 0.945. The van der Waals surface area contributed by atoms with E-state index in [0.29, 0.717) is 11.8 Å². The first kappa shape index (κ1) is 10.0. The summed E-state index contributed by atoms with van der Waals surface area (Å²) in [6.45, 7) is 0.721. The second-order valence-electron chi connectivity index (χ2n) is 3.44. The van der Waals surface area contributed by atoms with Gasteiger partial charge in [0.2, 0.25) is 0 Å². The number of hydrogen-bond donors (Lipinski definition) is 1. The van der Waals surface area contributed by atoms with Crippen molar-refractivity contribution in [2.75, 3.05) is 16.8 Å². The molecule has 1 aliphatic heterocycles. The first-order valence-electron chi connectivity index (χ1n) is 4.48. The van der Waals surface area contributed by atoms with Gasteiger partial charge in [-0.15, -0.1) is 0 Å². The van der Waals surface area contributed by atoms with Crippen molar-refractivity contribution in [2.24, 2.45) is 0 Å². The van der Waals surface area contributed by atoms with Gasteiger partial charge >= 0.3 is 0 Å². The van der Waals surface area contributed by atoms with Crippen LogP contribution in [0.5, 0.6) is 5.75 Å². The Balaban J connectivity index is 2.26. The quantitative estimate of drug-likeness (QED) is 0.671. The van der Waals surface area contributed by atoms with E-state index in [1.807, 2.05) is 12.1 Å². The number of methoxy groups -OCH3 is 1. The highest BCUT2D eigenvalue weighted by atomic mass is 127. The molecule has 0 spiro atoms. The molecule has 14 heavy (non-hydrogen) atoms. The molecule has 0 radical (unpaired) electrons. The van der Waals surface area contributed by atoms with Crippen LogP contribution in [0.3, 0.4) is 0 Å². The van der Waals surface area contributed by atoms with Gasteiger partial charge in [-0.1, -0.05) is 0 Å². The molecule has 76 valence electrons. The molecule has 0 aromatic heterocycles. The average Bonchev–Trinajstić information content (AvgIpc) is 2.44. The normalized spacial score (nSPS) is 19.9. The molecule has 0 bridgehead atoms. The van der Waals surface area contributed by atoms with Gasteiger partial charge in [0.05, 0.1) is 35.5 Å². The number of phenolic OH excluding ortho intramolecular Hbond substituents is 1. The molecule has 2 rings (SSSR count). The predicted octanol–water partition coefficient (Wildman–Crippen LogP) is 2.12. The Morgan fingerprint density at radius 2 is 2.43 bits per heavy atom. The number of rotatable bonds is 2. The summed E-state index contributed by atoms with van der Waals surface area (Å²) in [5.74, 6) is 0.339. The minimum atomic E-state index is 0.339. The molecule has 3 nitrogen and oxygen atoms in total. The molecular weight excluding hydrogens is 293 g/mol. The van der Waals surface area contributed by atoms with Crippen molar-refractivity contribution in [1.29, 1.82) is 0 Å². The average molecular weight is 305 g/mol.